The molecule has 0 spiro atoms. The highest BCUT2D eigenvalue weighted by molar-refractivity contribution is 5.83. The Balaban J connectivity index is 1.26. The molecule has 1 aromatic carbocycles. The minimum Gasteiger partial charge on any atom is -0.497 e. The lowest BCUT2D eigenvalue weighted by molar-refractivity contribution is 0.128. The van der Waals surface area contributed by atoms with Gasteiger partial charge < -0.3 is 9.64 Å². The van der Waals surface area contributed by atoms with Crippen LogP contribution in [0.2, 0.25) is 0 Å². The highest BCUT2D eigenvalue weighted by atomic mass is 16.5. The number of ether oxygens (including phenoxy) is 1. The molecule has 0 bridgehead atoms. The summed E-state index contributed by atoms with van der Waals surface area (Å²) < 4.78 is 5.39. The van der Waals surface area contributed by atoms with Crippen molar-refractivity contribution in [2.45, 2.75) is 51.4 Å². The zero-order valence-electron chi connectivity index (χ0n) is 16.1. The summed E-state index contributed by atoms with van der Waals surface area (Å²) in [7, 11) is 1.73. The van der Waals surface area contributed by atoms with Gasteiger partial charge in [-0.05, 0) is 93.3 Å². The van der Waals surface area contributed by atoms with Crippen LogP contribution in [0.15, 0.2) is 30.5 Å². The third-order valence-electron chi connectivity index (χ3n) is 6.55. The summed E-state index contributed by atoms with van der Waals surface area (Å²) in [4.78, 5) is 7.22. The molecule has 1 saturated carbocycles. The molecule has 0 atom stereocenters. The average Bonchev–Trinajstić information content (AvgIpc) is 2.65. The van der Waals surface area contributed by atoms with E-state index in [1.54, 1.807) is 7.11 Å². The molecule has 3 nitrogen and oxygen atoms in total. The molecule has 2 heterocycles. The number of methoxy groups -OCH3 is 1. The van der Waals surface area contributed by atoms with Crippen LogP contribution in [-0.4, -0.2) is 36.6 Å². The van der Waals surface area contributed by atoms with Gasteiger partial charge in [0.05, 0.1) is 12.6 Å². The summed E-state index contributed by atoms with van der Waals surface area (Å²) in [6.07, 6.45) is 13.0. The van der Waals surface area contributed by atoms with Gasteiger partial charge in [-0.2, -0.15) is 0 Å². The summed E-state index contributed by atoms with van der Waals surface area (Å²) >= 11 is 0. The molecule has 0 amide bonds. The van der Waals surface area contributed by atoms with E-state index in [0.29, 0.717) is 0 Å². The van der Waals surface area contributed by atoms with E-state index in [-0.39, 0.29) is 0 Å². The minimum absolute atomic E-state index is 0.922. The Labute approximate surface area is 157 Å². The van der Waals surface area contributed by atoms with Crippen LogP contribution in [0.25, 0.3) is 10.9 Å². The maximum Gasteiger partial charge on any atom is 0.119 e. The Morgan fingerprint density at radius 3 is 2.65 bits per heavy atom. The molecule has 26 heavy (non-hydrogen) atoms. The fourth-order valence-corrected chi connectivity index (χ4v) is 4.61. The number of rotatable bonds is 7. The second-order valence-electron chi connectivity index (χ2n) is 8.29. The van der Waals surface area contributed by atoms with Crippen LogP contribution in [0, 0.1) is 11.8 Å². The van der Waals surface area contributed by atoms with Gasteiger partial charge >= 0.3 is 0 Å². The van der Waals surface area contributed by atoms with E-state index in [0.717, 1.165) is 29.5 Å². The molecule has 1 saturated heterocycles. The number of nitrogens with zero attached hydrogens (tertiary/aromatic N) is 2. The first-order chi connectivity index (χ1) is 12.8. The van der Waals surface area contributed by atoms with Gasteiger partial charge in [-0.25, -0.2) is 0 Å². The van der Waals surface area contributed by atoms with E-state index in [1.165, 1.54) is 75.5 Å². The van der Waals surface area contributed by atoms with Crippen molar-refractivity contribution in [2.24, 2.45) is 11.8 Å². The first-order valence-electron chi connectivity index (χ1n) is 10.5. The smallest absolute Gasteiger partial charge is 0.119 e. The zero-order chi connectivity index (χ0) is 17.8. The third kappa shape index (κ3) is 4.20. The summed E-state index contributed by atoms with van der Waals surface area (Å²) in [6.45, 7) is 4.03. The molecule has 0 unspecified atom stereocenters. The van der Waals surface area contributed by atoms with Crippen molar-refractivity contribution < 1.29 is 4.74 Å². The predicted molar refractivity (Wildman–Crippen MR) is 108 cm³/mol. The number of pyridine rings is 1. The molecule has 2 fully saturated rings. The first-order valence-corrected chi connectivity index (χ1v) is 10.5. The third-order valence-corrected chi connectivity index (χ3v) is 6.55. The van der Waals surface area contributed by atoms with Crippen LogP contribution < -0.4 is 4.74 Å². The lowest BCUT2D eigenvalue weighted by Crippen LogP contribution is -2.38. The van der Waals surface area contributed by atoms with Crippen molar-refractivity contribution in [1.82, 2.24) is 9.88 Å². The molecule has 1 aromatic heterocycles. The SMILES string of the molecule is COc1ccc2nccc(CCCC3CCN(CC4CCC4)CC3)c2c1. The van der Waals surface area contributed by atoms with Crippen LogP contribution >= 0.6 is 0 Å². The average molecular weight is 353 g/mol. The number of aromatic nitrogens is 1. The number of hydrogen-bond donors (Lipinski definition) is 0. The fraction of sp³-hybridized carbons (Fsp3) is 0.609. The minimum atomic E-state index is 0.922. The molecule has 1 aliphatic carbocycles. The van der Waals surface area contributed by atoms with E-state index in [4.69, 9.17) is 4.74 Å². The largest absolute Gasteiger partial charge is 0.497 e. The van der Waals surface area contributed by atoms with E-state index in [9.17, 15) is 0 Å². The topological polar surface area (TPSA) is 25.4 Å². The van der Waals surface area contributed by atoms with Gasteiger partial charge in [0.15, 0.2) is 0 Å². The number of likely N-dealkylation sites (tertiary alicyclic amines) is 1. The summed E-state index contributed by atoms with van der Waals surface area (Å²) in [5.41, 5.74) is 2.49. The number of aryl methyl sites for hydroxylation is 1. The van der Waals surface area contributed by atoms with Crippen LogP contribution in [0.3, 0.4) is 0 Å². The quantitative estimate of drug-likeness (QED) is 0.695. The monoisotopic (exact) mass is 352 g/mol. The van der Waals surface area contributed by atoms with E-state index < -0.39 is 0 Å². The van der Waals surface area contributed by atoms with Crippen LogP contribution in [-0.2, 0) is 6.42 Å². The molecule has 2 aliphatic rings. The predicted octanol–water partition coefficient (Wildman–Crippen LogP) is 5.08. The number of benzene rings is 1. The maximum absolute atomic E-state index is 5.39. The molecule has 4 rings (SSSR count). The highest BCUT2D eigenvalue weighted by Gasteiger charge is 2.24. The summed E-state index contributed by atoms with van der Waals surface area (Å²) in [6, 6.07) is 8.38. The molecular weight excluding hydrogens is 320 g/mol. The van der Waals surface area contributed by atoms with Gasteiger partial charge in [0.2, 0.25) is 0 Å². The molecule has 140 valence electrons. The Bertz CT molecular complexity index is 717. The Kier molecular flexibility index (Phi) is 5.74. The zero-order valence-corrected chi connectivity index (χ0v) is 16.1. The van der Waals surface area contributed by atoms with Crippen LogP contribution in [0.1, 0.15) is 50.5 Å². The van der Waals surface area contributed by atoms with E-state index in [1.807, 2.05) is 12.3 Å². The van der Waals surface area contributed by atoms with Gasteiger partial charge in [0.1, 0.15) is 5.75 Å². The Morgan fingerprint density at radius 1 is 1.08 bits per heavy atom. The molecule has 1 aliphatic heterocycles. The fourth-order valence-electron chi connectivity index (χ4n) is 4.61. The van der Waals surface area contributed by atoms with Crippen molar-refractivity contribution in [3.8, 4) is 5.75 Å². The maximum atomic E-state index is 5.39. The first kappa shape index (κ1) is 17.8. The van der Waals surface area contributed by atoms with Crippen molar-refractivity contribution in [3.05, 3.63) is 36.0 Å². The van der Waals surface area contributed by atoms with Gasteiger partial charge in [-0.3, -0.25) is 4.98 Å². The summed E-state index contributed by atoms with van der Waals surface area (Å²) in [5.74, 6) is 2.87. The molecule has 0 radical (unpaired) electrons. The second kappa shape index (κ2) is 8.39. The summed E-state index contributed by atoms with van der Waals surface area (Å²) in [5, 5.41) is 1.25. The molecule has 3 heteroatoms. The number of hydrogen-bond acceptors (Lipinski definition) is 3. The normalized spacial score (nSPS) is 19.6. The molecule has 2 aromatic rings. The van der Waals surface area contributed by atoms with Gasteiger partial charge in [-0.1, -0.05) is 12.8 Å². The van der Waals surface area contributed by atoms with Crippen molar-refractivity contribution >= 4 is 10.9 Å². The van der Waals surface area contributed by atoms with Gasteiger partial charge in [-0.15, -0.1) is 0 Å². The highest BCUT2D eigenvalue weighted by Crippen LogP contribution is 2.30. The van der Waals surface area contributed by atoms with Gasteiger partial charge in [0, 0.05) is 18.1 Å². The number of piperidine rings is 1. The van der Waals surface area contributed by atoms with Crippen LogP contribution in [0.4, 0.5) is 0 Å². The molecule has 0 N–H and O–H groups in total. The Morgan fingerprint density at radius 2 is 1.92 bits per heavy atom. The standard InChI is InChI=1S/C23H32N2O/c1-26-21-8-9-23-22(16-21)20(10-13-24-23)7-3-4-18-11-14-25(15-12-18)17-19-5-2-6-19/h8-10,13,16,18-19H,2-7,11-12,14-15,17H2,1H3. The second-order valence-corrected chi connectivity index (χ2v) is 8.29. The lowest BCUT2D eigenvalue weighted by Gasteiger charge is -2.37. The number of fused-ring (bicyclic) bond motifs is 1. The van der Waals surface area contributed by atoms with Crippen LogP contribution in [0.5, 0.6) is 5.75 Å². The lowest BCUT2D eigenvalue weighted by atomic mass is 9.84. The Hall–Kier alpha value is -1.61. The van der Waals surface area contributed by atoms with Crippen molar-refractivity contribution in [3.63, 3.8) is 0 Å². The van der Waals surface area contributed by atoms with E-state index in [2.05, 4.69) is 28.1 Å². The van der Waals surface area contributed by atoms with Gasteiger partial charge in [0.25, 0.3) is 0 Å². The van der Waals surface area contributed by atoms with Crippen molar-refractivity contribution in [2.75, 3.05) is 26.7 Å². The molecular formula is C23H32N2O. The van der Waals surface area contributed by atoms with Crippen molar-refractivity contribution in [1.29, 1.82) is 0 Å². The van der Waals surface area contributed by atoms with E-state index >= 15 is 0 Å².